The number of carbonyl (C=O) groups is 1. The Morgan fingerprint density at radius 3 is 2.77 bits per heavy atom. The molecule has 10 heteroatoms. The quantitative estimate of drug-likeness (QED) is 0.455. The number of nitrogens with one attached hydrogen (secondary N) is 1. The summed E-state index contributed by atoms with van der Waals surface area (Å²) >= 11 is 7.87. The zero-order valence-electron chi connectivity index (χ0n) is 15.4. The van der Waals surface area contributed by atoms with Gasteiger partial charge in [0.15, 0.2) is 0 Å². The van der Waals surface area contributed by atoms with Crippen molar-refractivity contribution < 1.29 is 13.6 Å². The molecular weight excluding hydrogens is 429 g/mol. The fraction of sp³-hybridized carbons (Fsp3) is 0.150. The molecule has 0 unspecified atom stereocenters. The molecule has 0 saturated heterocycles. The molecule has 0 aliphatic rings. The van der Waals surface area contributed by atoms with E-state index >= 15 is 0 Å². The molecule has 4 aromatic rings. The van der Waals surface area contributed by atoms with Gasteiger partial charge >= 0.3 is 0 Å². The van der Waals surface area contributed by atoms with Gasteiger partial charge in [0.25, 0.3) is 0 Å². The number of rotatable bonds is 6. The lowest BCUT2D eigenvalue weighted by molar-refractivity contribution is -0.120. The first-order valence-electron chi connectivity index (χ1n) is 8.81. The van der Waals surface area contributed by atoms with Gasteiger partial charge in [0, 0.05) is 10.6 Å². The number of hydrogen-bond acceptors (Lipinski definition) is 7. The number of thiazole rings is 1. The molecule has 0 spiro atoms. The van der Waals surface area contributed by atoms with Crippen LogP contribution in [0.25, 0.3) is 21.3 Å². The summed E-state index contributed by atoms with van der Waals surface area (Å²) in [5.41, 5.74) is 2.33. The van der Waals surface area contributed by atoms with Gasteiger partial charge in [-0.3, -0.25) is 4.79 Å². The molecule has 0 atom stereocenters. The molecule has 2 aromatic heterocycles. The highest BCUT2D eigenvalue weighted by Crippen LogP contribution is 2.34. The summed E-state index contributed by atoms with van der Waals surface area (Å²) in [4.78, 5) is 16.2. The van der Waals surface area contributed by atoms with Crippen LogP contribution in [-0.4, -0.2) is 27.6 Å². The third kappa shape index (κ3) is 4.45. The van der Waals surface area contributed by atoms with E-state index in [1.807, 2.05) is 18.2 Å². The van der Waals surface area contributed by atoms with E-state index in [9.17, 15) is 9.18 Å². The SMILES string of the molecule is N#CCNC(=O)Cc1nnc(Cc2nc3cc(-c4ccc(F)cc4)c(Cl)cc3s2)o1. The second kappa shape index (κ2) is 8.57. The second-order valence-electron chi connectivity index (χ2n) is 6.29. The highest BCUT2D eigenvalue weighted by Gasteiger charge is 2.15. The molecule has 7 nitrogen and oxygen atoms in total. The molecule has 0 aliphatic heterocycles. The number of fused-ring (bicyclic) bond motifs is 1. The molecule has 0 radical (unpaired) electrons. The fourth-order valence-electron chi connectivity index (χ4n) is 2.82. The number of aromatic nitrogens is 3. The van der Waals surface area contributed by atoms with Crippen LogP contribution >= 0.6 is 22.9 Å². The van der Waals surface area contributed by atoms with Crippen molar-refractivity contribution in [2.75, 3.05) is 6.54 Å². The predicted molar refractivity (Wildman–Crippen MR) is 109 cm³/mol. The summed E-state index contributed by atoms with van der Waals surface area (Å²) < 4.78 is 19.6. The largest absolute Gasteiger partial charge is 0.424 e. The van der Waals surface area contributed by atoms with E-state index < -0.39 is 0 Å². The third-order valence-corrected chi connectivity index (χ3v) is 5.50. The van der Waals surface area contributed by atoms with Gasteiger partial charge in [0.1, 0.15) is 23.8 Å². The Labute approximate surface area is 179 Å². The maximum atomic E-state index is 13.2. The smallest absolute Gasteiger partial charge is 0.230 e. The van der Waals surface area contributed by atoms with Crippen molar-refractivity contribution in [3.63, 3.8) is 0 Å². The van der Waals surface area contributed by atoms with Gasteiger partial charge in [-0.1, -0.05) is 23.7 Å². The number of nitriles is 1. The summed E-state index contributed by atoms with van der Waals surface area (Å²) in [6.07, 6.45) is 0.223. The lowest BCUT2D eigenvalue weighted by atomic mass is 10.1. The highest BCUT2D eigenvalue weighted by molar-refractivity contribution is 7.18. The molecule has 2 aromatic carbocycles. The van der Waals surface area contributed by atoms with E-state index in [0.717, 1.165) is 26.4 Å². The summed E-state index contributed by atoms with van der Waals surface area (Å²) in [5.74, 6) is -0.173. The molecule has 1 N–H and O–H groups in total. The Hall–Kier alpha value is -3.35. The topological polar surface area (TPSA) is 105 Å². The van der Waals surface area contributed by atoms with Crippen LogP contribution in [0.3, 0.4) is 0 Å². The predicted octanol–water partition coefficient (Wildman–Crippen LogP) is 3.91. The highest BCUT2D eigenvalue weighted by atomic mass is 35.5. The number of nitrogens with zero attached hydrogens (tertiary/aromatic N) is 4. The second-order valence-corrected chi connectivity index (χ2v) is 7.81. The Balaban J connectivity index is 1.52. The monoisotopic (exact) mass is 441 g/mol. The van der Waals surface area contributed by atoms with Crippen molar-refractivity contribution >= 4 is 39.1 Å². The van der Waals surface area contributed by atoms with Crippen molar-refractivity contribution in [2.45, 2.75) is 12.8 Å². The van der Waals surface area contributed by atoms with Crippen LogP contribution in [0.4, 0.5) is 4.39 Å². The van der Waals surface area contributed by atoms with Gasteiger partial charge in [-0.2, -0.15) is 5.26 Å². The summed E-state index contributed by atoms with van der Waals surface area (Å²) in [6, 6.07) is 11.6. The van der Waals surface area contributed by atoms with Crippen molar-refractivity contribution in [1.82, 2.24) is 20.5 Å². The van der Waals surface area contributed by atoms with E-state index in [2.05, 4.69) is 20.5 Å². The molecule has 4 rings (SSSR count). The van der Waals surface area contributed by atoms with E-state index in [4.69, 9.17) is 21.3 Å². The van der Waals surface area contributed by atoms with Gasteiger partial charge in [-0.05, 0) is 29.8 Å². The zero-order valence-corrected chi connectivity index (χ0v) is 16.9. The third-order valence-electron chi connectivity index (χ3n) is 4.16. The minimum absolute atomic E-state index is 0.0754. The normalized spacial score (nSPS) is 10.8. The summed E-state index contributed by atoms with van der Waals surface area (Å²) in [7, 11) is 0. The molecule has 30 heavy (non-hydrogen) atoms. The van der Waals surface area contributed by atoms with Gasteiger partial charge in [-0.25, -0.2) is 9.37 Å². The molecule has 1 amide bonds. The first kappa shape index (κ1) is 19.9. The van der Waals surface area contributed by atoms with Crippen LogP contribution in [0.1, 0.15) is 16.8 Å². The van der Waals surface area contributed by atoms with Crippen molar-refractivity contribution in [1.29, 1.82) is 5.26 Å². The van der Waals surface area contributed by atoms with Crippen molar-refractivity contribution in [2.24, 2.45) is 0 Å². The molecule has 0 saturated carbocycles. The summed E-state index contributed by atoms with van der Waals surface area (Å²) in [6.45, 7) is -0.0754. The van der Waals surface area contributed by atoms with Gasteiger partial charge in [0.05, 0.1) is 22.7 Å². The number of carbonyl (C=O) groups excluding carboxylic acids is 1. The van der Waals surface area contributed by atoms with Crippen LogP contribution in [0.15, 0.2) is 40.8 Å². The van der Waals surface area contributed by atoms with Gasteiger partial charge < -0.3 is 9.73 Å². The minimum Gasteiger partial charge on any atom is -0.424 e. The maximum absolute atomic E-state index is 13.2. The average Bonchev–Trinajstić information content (AvgIpc) is 3.32. The van der Waals surface area contributed by atoms with Gasteiger partial charge in [-0.15, -0.1) is 21.5 Å². The minimum atomic E-state index is -0.366. The van der Waals surface area contributed by atoms with Crippen LogP contribution in [0.2, 0.25) is 5.02 Å². The van der Waals surface area contributed by atoms with Crippen LogP contribution in [-0.2, 0) is 17.6 Å². The first-order chi connectivity index (χ1) is 14.5. The van der Waals surface area contributed by atoms with Gasteiger partial charge in [0.2, 0.25) is 17.7 Å². The number of hydrogen-bond donors (Lipinski definition) is 1. The van der Waals surface area contributed by atoms with Crippen molar-refractivity contribution in [3.05, 3.63) is 64.0 Å². The number of amides is 1. The average molecular weight is 442 g/mol. The van der Waals surface area contributed by atoms with Crippen LogP contribution in [0, 0.1) is 17.1 Å². The zero-order chi connectivity index (χ0) is 21.1. The number of benzene rings is 2. The lowest BCUT2D eigenvalue weighted by Crippen LogP contribution is -2.25. The summed E-state index contributed by atoms with van der Waals surface area (Å²) in [5, 5.41) is 20.0. The fourth-order valence-corrected chi connectivity index (χ4v) is 4.14. The van der Waals surface area contributed by atoms with E-state index in [1.165, 1.54) is 23.5 Å². The maximum Gasteiger partial charge on any atom is 0.230 e. The Bertz CT molecular complexity index is 1260. The lowest BCUT2D eigenvalue weighted by Gasteiger charge is -2.04. The molecule has 0 aliphatic carbocycles. The van der Waals surface area contributed by atoms with Crippen LogP contribution < -0.4 is 5.32 Å². The van der Waals surface area contributed by atoms with E-state index in [-0.39, 0.29) is 30.6 Å². The molecule has 0 bridgehead atoms. The molecule has 0 fully saturated rings. The Morgan fingerprint density at radius 2 is 2.00 bits per heavy atom. The molecule has 2 heterocycles. The Morgan fingerprint density at radius 1 is 1.23 bits per heavy atom. The molecular formula is C20H13ClFN5O2S. The Kier molecular flexibility index (Phi) is 5.70. The van der Waals surface area contributed by atoms with E-state index in [0.29, 0.717) is 17.3 Å². The van der Waals surface area contributed by atoms with Crippen molar-refractivity contribution in [3.8, 4) is 17.2 Å². The molecule has 150 valence electrons. The number of halogens is 2. The standard InChI is InChI=1S/C20H13ClFN5O2S/c21-14-8-16-15(7-13(14)11-1-3-12(22)4-2-11)25-20(30-16)10-19-27-26-18(29-19)9-17(28)24-6-5-23/h1-4,7-8H,6,9-10H2,(H,24,28). The van der Waals surface area contributed by atoms with Crippen LogP contribution in [0.5, 0.6) is 0 Å². The first-order valence-corrected chi connectivity index (χ1v) is 10.0. The van der Waals surface area contributed by atoms with E-state index in [1.54, 1.807) is 12.1 Å².